The van der Waals surface area contributed by atoms with E-state index in [1.165, 1.54) is 32.1 Å². The minimum absolute atomic E-state index is 0.118. The number of carbonyl (C=O) groups is 3. The summed E-state index contributed by atoms with van der Waals surface area (Å²) in [5, 5.41) is 0. The van der Waals surface area contributed by atoms with Crippen LogP contribution in [0.15, 0.2) is 122 Å². The van der Waals surface area contributed by atoms with Crippen LogP contribution >= 0.6 is 0 Å². The lowest BCUT2D eigenvalue weighted by atomic mass is 10.1. The summed E-state index contributed by atoms with van der Waals surface area (Å²) in [6, 6.07) is 0. The van der Waals surface area contributed by atoms with Crippen molar-refractivity contribution >= 4 is 17.9 Å². The lowest BCUT2D eigenvalue weighted by Gasteiger charge is -2.18. The maximum Gasteiger partial charge on any atom is 0.306 e. The van der Waals surface area contributed by atoms with Gasteiger partial charge in [-0.25, -0.2) is 0 Å². The molecule has 0 saturated heterocycles. The third-order valence-electron chi connectivity index (χ3n) is 10.2. The molecule has 6 heteroatoms. The molecule has 0 aliphatic rings. The first kappa shape index (κ1) is 59.8. The highest BCUT2D eigenvalue weighted by Crippen LogP contribution is 2.12. The van der Waals surface area contributed by atoms with Crippen LogP contribution in [0.1, 0.15) is 207 Å². The van der Waals surface area contributed by atoms with Gasteiger partial charge in [-0.05, 0) is 116 Å². The standard InChI is InChI=1S/C58H92O6/c1-4-7-10-13-16-19-22-25-27-29-30-32-33-36-39-42-45-48-51-57(60)63-54-55(53-62-56(59)50-47-44-41-38-35-24-21-18-15-12-9-6-3)64-58(61)52-49-46-43-40-37-34-31-28-26-23-20-17-14-11-8-5-2/h8-9,11-12,17-18,20-22,25-30,32,34-35,37-38,55H,4-7,10,13-16,19,23-24,31,33,36,39-54H2,1-3H3/b11-8-,12-9-,20-17-,21-18-,25-22-,28-26-,29-27-,32-30-,37-34-,38-35-. The van der Waals surface area contributed by atoms with E-state index in [0.717, 1.165) is 122 Å². The number of ether oxygens (including phenoxy) is 3. The summed E-state index contributed by atoms with van der Waals surface area (Å²) in [6.45, 7) is 6.29. The summed E-state index contributed by atoms with van der Waals surface area (Å²) >= 11 is 0. The van der Waals surface area contributed by atoms with E-state index < -0.39 is 6.10 Å². The third-order valence-corrected chi connectivity index (χ3v) is 10.2. The number of allylic oxidation sites excluding steroid dienone is 20. The van der Waals surface area contributed by atoms with Gasteiger partial charge in [-0.15, -0.1) is 0 Å². The second-order valence-corrected chi connectivity index (χ2v) is 16.4. The van der Waals surface area contributed by atoms with Crippen LogP contribution in [0.4, 0.5) is 0 Å². The largest absolute Gasteiger partial charge is 0.462 e. The number of esters is 3. The van der Waals surface area contributed by atoms with Gasteiger partial charge in [0.2, 0.25) is 0 Å². The minimum atomic E-state index is -0.822. The highest BCUT2D eigenvalue weighted by atomic mass is 16.6. The first-order valence-electron chi connectivity index (χ1n) is 25.6. The SMILES string of the molecule is CC/C=C\C/C=C\C/C=C\C/C=C\CCCCCC(=O)OC(COC(=O)CCCC/C=C\C/C=C\C/C=C\CC)COC(=O)CCCCCCC\C=C/C=C\C=C/CCCCCCC. The Hall–Kier alpha value is -4.19. The first-order valence-corrected chi connectivity index (χ1v) is 25.6. The Balaban J connectivity index is 4.54. The van der Waals surface area contributed by atoms with Gasteiger partial charge in [-0.3, -0.25) is 14.4 Å². The highest BCUT2D eigenvalue weighted by molar-refractivity contribution is 5.71. The topological polar surface area (TPSA) is 78.9 Å². The predicted octanol–water partition coefficient (Wildman–Crippen LogP) is 16.9. The predicted molar refractivity (Wildman–Crippen MR) is 274 cm³/mol. The van der Waals surface area contributed by atoms with Crippen molar-refractivity contribution in [2.45, 2.75) is 213 Å². The summed E-state index contributed by atoms with van der Waals surface area (Å²) in [5.41, 5.74) is 0. The number of hydrogen-bond donors (Lipinski definition) is 0. The van der Waals surface area contributed by atoms with Gasteiger partial charge in [-0.1, -0.05) is 194 Å². The molecule has 0 aromatic carbocycles. The van der Waals surface area contributed by atoms with Gasteiger partial charge in [-0.2, -0.15) is 0 Å². The Morgan fingerprint density at radius 2 is 0.672 bits per heavy atom. The fourth-order valence-corrected chi connectivity index (χ4v) is 6.45. The molecular weight excluding hydrogens is 793 g/mol. The van der Waals surface area contributed by atoms with E-state index in [2.05, 4.69) is 142 Å². The van der Waals surface area contributed by atoms with Crippen molar-refractivity contribution in [2.24, 2.45) is 0 Å². The summed E-state index contributed by atoms with van der Waals surface area (Å²) in [5.74, 6) is -1.02. The van der Waals surface area contributed by atoms with Crippen LogP contribution in [-0.4, -0.2) is 37.2 Å². The second-order valence-electron chi connectivity index (χ2n) is 16.4. The number of unbranched alkanes of at least 4 members (excludes halogenated alkanes) is 15. The third kappa shape index (κ3) is 48.8. The Labute approximate surface area is 392 Å². The molecule has 0 bridgehead atoms. The Kier molecular flexibility index (Phi) is 48.1. The molecule has 0 fully saturated rings. The molecule has 64 heavy (non-hydrogen) atoms. The van der Waals surface area contributed by atoms with Crippen LogP contribution in [0, 0.1) is 0 Å². The van der Waals surface area contributed by atoms with Crippen molar-refractivity contribution < 1.29 is 28.6 Å². The molecule has 0 rings (SSSR count). The lowest BCUT2D eigenvalue weighted by Crippen LogP contribution is -2.30. The van der Waals surface area contributed by atoms with Gasteiger partial charge in [0.1, 0.15) is 13.2 Å². The average molecular weight is 885 g/mol. The zero-order valence-corrected chi connectivity index (χ0v) is 41.0. The molecule has 0 aliphatic carbocycles. The quantitative estimate of drug-likeness (QED) is 0.0199. The summed E-state index contributed by atoms with van der Waals surface area (Å²) in [7, 11) is 0. The maximum absolute atomic E-state index is 12.8. The van der Waals surface area contributed by atoms with Crippen LogP contribution in [0.2, 0.25) is 0 Å². The Bertz CT molecular complexity index is 1390. The van der Waals surface area contributed by atoms with E-state index in [4.69, 9.17) is 14.2 Å². The van der Waals surface area contributed by atoms with E-state index in [1.54, 1.807) is 0 Å². The van der Waals surface area contributed by atoms with Gasteiger partial charge in [0, 0.05) is 19.3 Å². The Morgan fingerprint density at radius 1 is 0.344 bits per heavy atom. The molecule has 0 N–H and O–H groups in total. The molecule has 0 aromatic rings. The van der Waals surface area contributed by atoms with E-state index >= 15 is 0 Å². The molecule has 0 amide bonds. The van der Waals surface area contributed by atoms with Gasteiger partial charge in [0.25, 0.3) is 0 Å². The molecule has 0 aliphatic heterocycles. The van der Waals surface area contributed by atoms with E-state index in [1.807, 2.05) is 0 Å². The molecule has 360 valence electrons. The van der Waals surface area contributed by atoms with Gasteiger partial charge in [0.15, 0.2) is 6.10 Å². The summed E-state index contributed by atoms with van der Waals surface area (Å²) in [6.07, 6.45) is 70.4. The number of hydrogen-bond acceptors (Lipinski definition) is 6. The van der Waals surface area contributed by atoms with Crippen LogP contribution < -0.4 is 0 Å². The molecule has 6 nitrogen and oxygen atoms in total. The molecule has 0 spiro atoms. The summed E-state index contributed by atoms with van der Waals surface area (Å²) < 4.78 is 16.7. The monoisotopic (exact) mass is 885 g/mol. The van der Waals surface area contributed by atoms with Crippen LogP contribution in [-0.2, 0) is 28.6 Å². The van der Waals surface area contributed by atoms with Crippen molar-refractivity contribution in [1.82, 2.24) is 0 Å². The smallest absolute Gasteiger partial charge is 0.306 e. The fraction of sp³-hybridized carbons (Fsp3) is 0.603. The zero-order valence-electron chi connectivity index (χ0n) is 41.0. The fourth-order valence-electron chi connectivity index (χ4n) is 6.45. The van der Waals surface area contributed by atoms with E-state index in [0.29, 0.717) is 25.7 Å². The van der Waals surface area contributed by atoms with Gasteiger partial charge < -0.3 is 14.2 Å². The van der Waals surface area contributed by atoms with E-state index in [-0.39, 0.29) is 37.5 Å². The molecule has 0 heterocycles. The van der Waals surface area contributed by atoms with Gasteiger partial charge >= 0.3 is 17.9 Å². The van der Waals surface area contributed by atoms with Crippen molar-refractivity contribution in [3.63, 3.8) is 0 Å². The lowest BCUT2D eigenvalue weighted by molar-refractivity contribution is -0.167. The van der Waals surface area contributed by atoms with Crippen molar-refractivity contribution in [1.29, 1.82) is 0 Å². The molecule has 0 aromatic heterocycles. The van der Waals surface area contributed by atoms with Crippen LogP contribution in [0.5, 0.6) is 0 Å². The summed E-state index contributed by atoms with van der Waals surface area (Å²) in [4.78, 5) is 37.9. The molecule has 1 atom stereocenters. The van der Waals surface area contributed by atoms with Crippen molar-refractivity contribution in [3.8, 4) is 0 Å². The number of rotatable bonds is 44. The van der Waals surface area contributed by atoms with Crippen LogP contribution in [0.25, 0.3) is 0 Å². The second kappa shape index (κ2) is 51.4. The number of carbonyl (C=O) groups excluding carboxylic acids is 3. The highest BCUT2D eigenvalue weighted by Gasteiger charge is 2.19. The van der Waals surface area contributed by atoms with Crippen LogP contribution in [0.3, 0.4) is 0 Å². The minimum Gasteiger partial charge on any atom is -0.462 e. The molecule has 1 unspecified atom stereocenters. The Morgan fingerprint density at radius 3 is 1.12 bits per heavy atom. The van der Waals surface area contributed by atoms with Crippen molar-refractivity contribution in [3.05, 3.63) is 122 Å². The van der Waals surface area contributed by atoms with Gasteiger partial charge in [0.05, 0.1) is 0 Å². The molecule has 0 saturated carbocycles. The maximum atomic E-state index is 12.8. The average Bonchev–Trinajstić information content (AvgIpc) is 3.29. The first-order chi connectivity index (χ1) is 31.5. The molecular formula is C58H92O6. The normalized spacial score (nSPS) is 13.1. The van der Waals surface area contributed by atoms with E-state index in [9.17, 15) is 14.4 Å². The zero-order chi connectivity index (χ0) is 46.5. The molecule has 0 radical (unpaired) electrons. The van der Waals surface area contributed by atoms with Crippen molar-refractivity contribution in [2.75, 3.05) is 13.2 Å².